The second-order valence-corrected chi connectivity index (χ2v) is 4.33. The van der Waals surface area contributed by atoms with Crippen LogP contribution in [0.2, 0.25) is 0 Å². The van der Waals surface area contributed by atoms with Crippen LogP contribution in [0.4, 0.5) is 13.2 Å². The minimum atomic E-state index is -4.27. The van der Waals surface area contributed by atoms with Crippen molar-refractivity contribution in [2.45, 2.75) is 44.5 Å². The lowest BCUT2D eigenvalue weighted by atomic mass is 10.3. The Morgan fingerprint density at radius 3 is 2.71 bits per heavy atom. The molecule has 0 radical (unpaired) electrons. The summed E-state index contributed by atoms with van der Waals surface area (Å²) in [5.74, 6) is 0. The van der Waals surface area contributed by atoms with Crippen molar-refractivity contribution in [2.24, 2.45) is 0 Å². The highest BCUT2D eigenvalue weighted by atomic mass is 19.4. The first-order valence-electron chi connectivity index (χ1n) is 5.73. The van der Waals surface area contributed by atoms with E-state index in [1.165, 1.54) is 12.8 Å². The molecule has 3 nitrogen and oxygen atoms in total. The van der Waals surface area contributed by atoms with E-state index in [4.69, 9.17) is 0 Å². The summed E-state index contributed by atoms with van der Waals surface area (Å²) in [6.07, 6.45) is 2.15. The van der Waals surface area contributed by atoms with Crippen LogP contribution in [0, 0.1) is 0 Å². The van der Waals surface area contributed by atoms with Gasteiger partial charge in [-0.25, -0.2) is 0 Å². The molecule has 1 aliphatic carbocycles. The quantitative estimate of drug-likeness (QED) is 0.818. The number of rotatable bonds is 4. The van der Waals surface area contributed by atoms with Gasteiger partial charge in [0.1, 0.15) is 6.61 Å². The highest BCUT2D eigenvalue weighted by Crippen LogP contribution is 2.28. The maximum Gasteiger partial charge on any atom is 0.411 e. The van der Waals surface area contributed by atoms with Crippen LogP contribution < -0.4 is 0 Å². The zero-order valence-electron chi connectivity index (χ0n) is 9.41. The van der Waals surface area contributed by atoms with Gasteiger partial charge < -0.3 is 4.74 Å². The average molecular weight is 248 g/mol. The van der Waals surface area contributed by atoms with Crippen molar-refractivity contribution in [3.05, 3.63) is 18.0 Å². The molecule has 96 valence electrons. The summed E-state index contributed by atoms with van der Waals surface area (Å²) >= 11 is 0. The fraction of sp³-hybridized carbons (Fsp3) is 0.727. The molecule has 0 bridgehead atoms. The molecule has 0 amide bonds. The van der Waals surface area contributed by atoms with Crippen molar-refractivity contribution in [2.75, 3.05) is 6.61 Å². The van der Waals surface area contributed by atoms with Crippen molar-refractivity contribution < 1.29 is 17.9 Å². The predicted molar refractivity (Wildman–Crippen MR) is 55.4 cm³/mol. The number of alkyl halides is 3. The van der Waals surface area contributed by atoms with Crippen molar-refractivity contribution in [1.82, 2.24) is 9.78 Å². The third kappa shape index (κ3) is 3.73. The molecule has 0 aromatic carbocycles. The van der Waals surface area contributed by atoms with Crippen LogP contribution in [-0.4, -0.2) is 22.6 Å². The molecule has 0 atom stereocenters. The summed E-state index contributed by atoms with van der Waals surface area (Å²) in [4.78, 5) is 0. The van der Waals surface area contributed by atoms with Gasteiger partial charge in [-0.05, 0) is 18.9 Å². The minimum absolute atomic E-state index is 0.0841. The van der Waals surface area contributed by atoms with Crippen molar-refractivity contribution in [3.63, 3.8) is 0 Å². The lowest BCUT2D eigenvalue weighted by Gasteiger charge is -2.09. The van der Waals surface area contributed by atoms with E-state index in [0.717, 1.165) is 12.8 Å². The number of halogens is 3. The summed E-state index contributed by atoms with van der Waals surface area (Å²) < 4.78 is 42.0. The highest BCUT2D eigenvalue weighted by molar-refractivity contribution is 4.98. The molecule has 1 aromatic heterocycles. The van der Waals surface area contributed by atoms with Gasteiger partial charge in [-0.3, -0.25) is 4.68 Å². The maximum absolute atomic E-state index is 11.9. The largest absolute Gasteiger partial charge is 0.411 e. The topological polar surface area (TPSA) is 27.1 Å². The number of hydrogen-bond donors (Lipinski definition) is 0. The molecule has 0 unspecified atom stereocenters. The van der Waals surface area contributed by atoms with Crippen LogP contribution in [-0.2, 0) is 11.3 Å². The second-order valence-electron chi connectivity index (χ2n) is 4.33. The molecule has 0 spiro atoms. The van der Waals surface area contributed by atoms with E-state index in [2.05, 4.69) is 9.84 Å². The summed E-state index contributed by atoms with van der Waals surface area (Å²) in [5.41, 5.74) is 0.557. The average Bonchev–Trinajstić information content (AvgIpc) is 2.83. The molecule has 1 saturated carbocycles. The molecule has 0 aliphatic heterocycles. The first-order chi connectivity index (χ1) is 8.04. The van der Waals surface area contributed by atoms with Gasteiger partial charge in [0.2, 0.25) is 0 Å². The van der Waals surface area contributed by atoms with Crippen molar-refractivity contribution in [3.8, 4) is 0 Å². The Morgan fingerprint density at radius 2 is 2.06 bits per heavy atom. The molecular weight excluding hydrogens is 233 g/mol. The Bertz CT molecular complexity index is 356. The van der Waals surface area contributed by atoms with Crippen LogP contribution in [0.25, 0.3) is 0 Å². The van der Waals surface area contributed by atoms with Crippen LogP contribution in [0.5, 0.6) is 0 Å². The zero-order chi connectivity index (χ0) is 12.3. The highest BCUT2D eigenvalue weighted by Gasteiger charge is 2.27. The third-order valence-electron chi connectivity index (χ3n) is 2.88. The van der Waals surface area contributed by atoms with E-state index in [9.17, 15) is 13.2 Å². The smallest absolute Gasteiger partial charge is 0.366 e. The van der Waals surface area contributed by atoms with E-state index in [0.29, 0.717) is 11.7 Å². The molecule has 0 saturated heterocycles. The minimum Gasteiger partial charge on any atom is -0.366 e. The second kappa shape index (κ2) is 5.08. The zero-order valence-corrected chi connectivity index (χ0v) is 9.41. The normalized spacial score (nSPS) is 17.8. The molecule has 1 aliphatic rings. The Balaban J connectivity index is 1.81. The predicted octanol–water partition coefficient (Wildman–Crippen LogP) is 3.08. The Kier molecular flexibility index (Phi) is 3.71. The summed E-state index contributed by atoms with van der Waals surface area (Å²) in [5, 5.41) is 4.24. The van der Waals surface area contributed by atoms with Gasteiger partial charge in [0.25, 0.3) is 0 Å². The van der Waals surface area contributed by atoms with E-state index in [1.807, 2.05) is 10.9 Å². The Hall–Kier alpha value is -1.04. The lowest BCUT2D eigenvalue weighted by molar-refractivity contribution is -0.176. The maximum atomic E-state index is 11.9. The van der Waals surface area contributed by atoms with Gasteiger partial charge in [-0.15, -0.1) is 0 Å². The Labute approximate surface area is 97.6 Å². The fourth-order valence-corrected chi connectivity index (χ4v) is 2.10. The Morgan fingerprint density at radius 1 is 1.35 bits per heavy atom. The van der Waals surface area contributed by atoms with Gasteiger partial charge >= 0.3 is 6.18 Å². The molecule has 1 aromatic rings. The van der Waals surface area contributed by atoms with E-state index in [-0.39, 0.29) is 6.61 Å². The van der Waals surface area contributed by atoms with Gasteiger partial charge in [-0.1, -0.05) is 12.8 Å². The standard InChI is InChI=1S/C11H15F3N2O/c12-11(13,14)8-17-7-9-5-6-16(15-9)10-3-1-2-4-10/h5-6,10H,1-4,7-8H2. The van der Waals surface area contributed by atoms with Crippen molar-refractivity contribution in [1.29, 1.82) is 0 Å². The van der Waals surface area contributed by atoms with Gasteiger partial charge in [0.05, 0.1) is 18.3 Å². The molecule has 6 heteroatoms. The van der Waals surface area contributed by atoms with Gasteiger partial charge in [-0.2, -0.15) is 18.3 Å². The van der Waals surface area contributed by atoms with E-state index >= 15 is 0 Å². The van der Waals surface area contributed by atoms with E-state index < -0.39 is 12.8 Å². The SMILES string of the molecule is FC(F)(F)COCc1ccn(C2CCCC2)n1. The summed E-state index contributed by atoms with van der Waals surface area (Å²) in [6.45, 7) is -1.30. The van der Waals surface area contributed by atoms with Crippen LogP contribution >= 0.6 is 0 Å². The first kappa shape index (κ1) is 12.4. The number of aromatic nitrogens is 2. The third-order valence-corrected chi connectivity index (χ3v) is 2.88. The van der Waals surface area contributed by atoms with Crippen LogP contribution in [0.3, 0.4) is 0 Å². The summed E-state index contributed by atoms with van der Waals surface area (Å²) in [6, 6.07) is 2.13. The molecular formula is C11H15F3N2O. The van der Waals surface area contributed by atoms with Gasteiger partial charge in [0.15, 0.2) is 0 Å². The first-order valence-corrected chi connectivity index (χ1v) is 5.73. The molecule has 1 heterocycles. The summed E-state index contributed by atoms with van der Waals surface area (Å²) in [7, 11) is 0. The van der Waals surface area contributed by atoms with Crippen LogP contribution in [0.15, 0.2) is 12.3 Å². The number of nitrogens with zero attached hydrogens (tertiary/aromatic N) is 2. The monoisotopic (exact) mass is 248 g/mol. The molecule has 2 rings (SSSR count). The van der Waals surface area contributed by atoms with E-state index in [1.54, 1.807) is 6.07 Å². The number of hydrogen-bond acceptors (Lipinski definition) is 2. The van der Waals surface area contributed by atoms with Crippen molar-refractivity contribution >= 4 is 0 Å². The van der Waals surface area contributed by atoms with Gasteiger partial charge in [0, 0.05) is 6.20 Å². The van der Waals surface area contributed by atoms with Crippen LogP contribution in [0.1, 0.15) is 37.4 Å². The molecule has 0 N–H and O–H groups in total. The molecule has 1 fully saturated rings. The fourth-order valence-electron chi connectivity index (χ4n) is 2.10. The lowest BCUT2D eigenvalue weighted by Crippen LogP contribution is -2.17. The molecule has 17 heavy (non-hydrogen) atoms. The number of ether oxygens (including phenoxy) is 1.